The number of carbonyl (C=O) groups is 1. The lowest BCUT2D eigenvalue weighted by molar-refractivity contribution is 0.243. The zero-order valence-corrected chi connectivity index (χ0v) is 16.7. The summed E-state index contributed by atoms with van der Waals surface area (Å²) in [6.45, 7) is 3.10. The van der Waals surface area contributed by atoms with E-state index in [4.69, 9.17) is 11.6 Å². The Bertz CT molecular complexity index is 833. The molecular formula is C11H17ClN6O4S3. The highest BCUT2D eigenvalue weighted by Crippen LogP contribution is 2.18. The van der Waals surface area contributed by atoms with Crippen molar-refractivity contribution < 1.29 is 13.2 Å². The maximum Gasteiger partial charge on any atom is 0.361 e. The van der Waals surface area contributed by atoms with E-state index in [1.807, 2.05) is 0 Å². The van der Waals surface area contributed by atoms with Crippen LogP contribution in [0.1, 0.15) is 6.92 Å². The van der Waals surface area contributed by atoms with Gasteiger partial charge in [0.2, 0.25) is 0 Å². The van der Waals surface area contributed by atoms with Gasteiger partial charge in [0.1, 0.15) is 0 Å². The third kappa shape index (κ3) is 4.71. The summed E-state index contributed by atoms with van der Waals surface area (Å²) in [5, 5.41) is 4.40. The van der Waals surface area contributed by atoms with Crippen LogP contribution in [-0.4, -0.2) is 69.8 Å². The van der Waals surface area contributed by atoms with Crippen LogP contribution in [0.2, 0.25) is 0 Å². The standard InChI is InChI=1S/C11H17ClN6O4S3/c1-3-17-9(23-2)13-18(11(17)20)8(19)14-25(21,22)15-10-16(5-4-12)6-7-24-10/h3-7H2,1-2H3,(H,14,19)/b15-10-. The van der Waals surface area contributed by atoms with E-state index in [0.29, 0.717) is 41.1 Å². The number of halogens is 1. The molecule has 1 N–H and O–H groups in total. The van der Waals surface area contributed by atoms with E-state index in [-0.39, 0.29) is 5.17 Å². The van der Waals surface area contributed by atoms with Crippen molar-refractivity contribution in [3.05, 3.63) is 10.5 Å². The number of nitrogens with zero attached hydrogens (tertiary/aromatic N) is 5. The first kappa shape index (κ1) is 20.1. The minimum atomic E-state index is -4.33. The third-order valence-electron chi connectivity index (χ3n) is 3.15. The van der Waals surface area contributed by atoms with Gasteiger partial charge in [-0.3, -0.25) is 4.57 Å². The summed E-state index contributed by atoms with van der Waals surface area (Å²) >= 11 is 8.09. The minimum Gasteiger partial charge on any atom is -0.348 e. The van der Waals surface area contributed by atoms with E-state index in [0.717, 1.165) is 0 Å². The molecule has 14 heteroatoms. The van der Waals surface area contributed by atoms with Crippen LogP contribution >= 0.6 is 35.1 Å². The van der Waals surface area contributed by atoms with Crippen LogP contribution in [0.15, 0.2) is 14.3 Å². The fourth-order valence-electron chi connectivity index (χ4n) is 2.04. The van der Waals surface area contributed by atoms with E-state index >= 15 is 0 Å². The highest BCUT2D eigenvalue weighted by atomic mass is 35.5. The lowest BCUT2D eigenvalue weighted by Gasteiger charge is -2.15. The van der Waals surface area contributed by atoms with Crippen LogP contribution < -0.4 is 10.4 Å². The van der Waals surface area contributed by atoms with Gasteiger partial charge in [0.15, 0.2) is 10.3 Å². The number of thioether (sulfide) groups is 2. The van der Waals surface area contributed by atoms with Gasteiger partial charge < -0.3 is 4.90 Å². The number of hydrogen-bond donors (Lipinski definition) is 1. The first-order chi connectivity index (χ1) is 11.8. The molecule has 0 bridgehead atoms. The molecular weight excluding hydrogens is 412 g/mol. The fraction of sp³-hybridized carbons (Fsp3) is 0.636. The monoisotopic (exact) mass is 428 g/mol. The Morgan fingerprint density at radius 3 is 2.80 bits per heavy atom. The summed E-state index contributed by atoms with van der Waals surface area (Å²) in [4.78, 5) is 26.0. The van der Waals surface area contributed by atoms with Gasteiger partial charge in [-0.1, -0.05) is 23.5 Å². The highest BCUT2D eigenvalue weighted by molar-refractivity contribution is 8.14. The van der Waals surface area contributed by atoms with Crippen LogP contribution in [0.25, 0.3) is 0 Å². The molecule has 0 aliphatic carbocycles. The number of hydrogen-bond acceptors (Lipinski definition) is 7. The van der Waals surface area contributed by atoms with Crippen molar-refractivity contribution in [2.24, 2.45) is 4.40 Å². The largest absolute Gasteiger partial charge is 0.361 e. The summed E-state index contributed by atoms with van der Waals surface area (Å²) in [6.07, 6.45) is 1.70. The van der Waals surface area contributed by atoms with Crippen molar-refractivity contribution >= 4 is 56.5 Å². The highest BCUT2D eigenvalue weighted by Gasteiger charge is 2.25. The number of amides is 1. The van der Waals surface area contributed by atoms with Crippen LogP contribution in [0.5, 0.6) is 0 Å². The molecule has 1 saturated heterocycles. The Labute approximate surface area is 158 Å². The first-order valence-corrected chi connectivity index (χ1v) is 11.4. The Balaban J connectivity index is 2.22. The summed E-state index contributed by atoms with van der Waals surface area (Å²) in [6, 6.07) is -1.18. The molecule has 0 spiro atoms. The van der Waals surface area contributed by atoms with Gasteiger partial charge in [-0.2, -0.15) is 8.42 Å². The molecule has 0 aromatic carbocycles. The average molecular weight is 429 g/mol. The van der Waals surface area contributed by atoms with Crippen molar-refractivity contribution in [3.63, 3.8) is 0 Å². The number of aromatic nitrogens is 3. The van der Waals surface area contributed by atoms with Gasteiger partial charge in [0.25, 0.3) is 0 Å². The second kappa shape index (κ2) is 8.47. The molecule has 2 rings (SSSR count). The van der Waals surface area contributed by atoms with Crippen molar-refractivity contribution in [2.75, 3.05) is 31.0 Å². The van der Waals surface area contributed by atoms with Gasteiger partial charge in [0.05, 0.1) is 0 Å². The maximum absolute atomic E-state index is 12.1. The van der Waals surface area contributed by atoms with Crippen molar-refractivity contribution in [3.8, 4) is 0 Å². The van der Waals surface area contributed by atoms with Crippen molar-refractivity contribution in [1.82, 2.24) is 24.0 Å². The molecule has 10 nitrogen and oxygen atoms in total. The molecule has 1 aromatic heterocycles. The molecule has 0 saturated carbocycles. The Kier molecular flexibility index (Phi) is 6.82. The van der Waals surface area contributed by atoms with Gasteiger partial charge >= 0.3 is 21.9 Å². The summed E-state index contributed by atoms with van der Waals surface area (Å²) in [7, 11) is -4.33. The molecule has 2 heterocycles. The van der Waals surface area contributed by atoms with Crippen LogP contribution in [0.3, 0.4) is 0 Å². The number of carbonyl (C=O) groups excluding carboxylic acids is 1. The molecule has 1 aliphatic rings. The summed E-state index contributed by atoms with van der Waals surface area (Å²) in [5.74, 6) is 1.00. The summed E-state index contributed by atoms with van der Waals surface area (Å²) < 4.78 is 31.3. The van der Waals surface area contributed by atoms with Gasteiger partial charge in [-0.05, 0) is 13.2 Å². The second-order valence-electron chi connectivity index (χ2n) is 4.71. The third-order valence-corrected chi connectivity index (χ3v) is 5.94. The molecule has 1 aromatic rings. The molecule has 25 heavy (non-hydrogen) atoms. The van der Waals surface area contributed by atoms with E-state index in [9.17, 15) is 18.0 Å². The molecule has 140 valence electrons. The quantitative estimate of drug-likeness (QED) is 0.505. The smallest absolute Gasteiger partial charge is 0.348 e. The van der Waals surface area contributed by atoms with Crippen molar-refractivity contribution in [1.29, 1.82) is 0 Å². The van der Waals surface area contributed by atoms with Gasteiger partial charge in [0, 0.05) is 31.3 Å². The number of amidine groups is 1. The normalized spacial score (nSPS) is 16.6. The Hall–Kier alpha value is -1.18. The minimum absolute atomic E-state index is 0.261. The predicted molar refractivity (Wildman–Crippen MR) is 99.0 cm³/mol. The molecule has 1 aliphatic heterocycles. The zero-order chi connectivity index (χ0) is 18.6. The predicted octanol–water partition coefficient (Wildman–Crippen LogP) is 0.233. The summed E-state index contributed by atoms with van der Waals surface area (Å²) in [5.41, 5.74) is -0.716. The number of alkyl halides is 1. The fourth-order valence-corrected chi connectivity index (χ4v) is 4.87. The first-order valence-electron chi connectivity index (χ1n) is 7.17. The average Bonchev–Trinajstić information content (AvgIpc) is 3.10. The molecule has 0 unspecified atom stereocenters. The van der Waals surface area contributed by atoms with E-state index in [1.54, 1.807) is 22.8 Å². The van der Waals surface area contributed by atoms with E-state index in [2.05, 4.69) is 9.50 Å². The SMILES string of the molecule is CCn1c(SC)nn(C(=O)NS(=O)(=O)/N=C2\SCCN2CCCl)c1=O. The van der Waals surface area contributed by atoms with Crippen LogP contribution in [0, 0.1) is 0 Å². The molecule has 0 radical (unpaired) electrons. The lowest BCUT2D eigenvalue weighted by Crippen LogP contribution is -2.40. The van der Waals surface area contributed by atoms with E-state index in [1.165, 1.54) is 28.1 Å². The maximum atomic E-state index is 12.1. The Morgan fingerprint density at radius 2 is 2.24 bits per heavy atom. The number of nitrogens with one attached hydrogen (secondary N) is 1. The molecule has 1 amide bonds. The molecule has 1 fully saturated rings. The van der Waals surface area contributed by atoms with Gasteiger partial charge in [-0.15, -0.1) is 25.8 Å². The Morgan fingerprint density at radius 1 is 1.52 bits per heavy atom. The van der Waals surface area contributed by atoms with Crippen LogP contribution in [-0.2, 0) is 16.8 Å². The zero-order valence-electron chi connectivity index (χ0n) is 13.5. The molecule has 0 atom stereocenters. The van der Waals surface area contributed by atoms with E-state index < -0.39 is 21.9 Å². The topological polar surface area (TPSA) is 119 Å². The van der Waals surface area contributed by atoms with Gasteiger partial charge in [-0.25, -0.2) is 14.3 Å². The second-order valence-corrected chi connectivity index (χ2v) is 8.26. The lowest BCUT2D eigenvalue weighted by atomic mass is 10.6. The van der Waals surface area contributed by atoms with Crippen LogP contribution in [0.4, 0.5) is 4.79 Å². The van der Waals surface area contributed by atoms with Crippen molar-refractivity contribution in [2.45, 2.75) is 18.6 Å². The number of rotatable bonds is 6.